The topological polar surface area (TPSA) is 80.4 Å². The summed E-state index contributed by atoms with van der Waals surface area (Å²) < 4.78 is 0.536. The van der Waals surface area contributed by atoms with Gasteiger partial charge < -0.3 is 5.11 Å². The number of nitro groups is 1. The molecule has 1 rings (SSSR count). The van der Waals surface area contributed by atoms with Crippen LogP contribution in [0, 0.1) is 16.0 Å². The molecule has 1 N–H and O–H groups in total. The molecule has 1 unspecified atom stereocenters. The molecular formula is C11H12BrNO4S. The third-order valence-corrected chi connectivity index (χ3v) is 4.76. The van der Waals surface area contributed by atoms with Crippen molar-refractivity contribution in [1.82, 2.24) is 0 Å². The van der Waals surface area contributed by atoms with Gasteiger partial charge >= 0.3 is 5.97 Å². The summed E-state index contributed by atoms with van der Waals surface area (Å²) in [5.41, 5.74) is -0.0253. The predicted octanol–water partition coefficient (Wildman–Crippen LogP) is 3.56. The number of hydrogen-bond acceptors (Lipinski definition) is 4. The number of carboxylic acids is 1. The number of aliphatic carboxylic acids is 1. The molecule has 0 aromatic heterocycles. The van der Waals surface area contributed by atoms with Gasteiger partial charge in [0, 0.05) is 21.5 Å². The van der Waals surface area contributed by atoms with Crippen molar-refractivity contribution in [2.24, 2.45) is 5.92 Å². The fourth-order valence-electron chi connectivity index (χ4n) is 1.31. The standard InChI is InChI=1S/C11H12BrNO4S/c1-6(2)10(11(14)15)18-9-4-3-7(13(16)17)5-8(9)12/h3-6,10H,1-2H3,(H,14,15). The van der Waals surface area contributed by atoms with E-state index < -0.39 is 16.1 Å². The van der Waals surface area contributed by atoms with Gasteiger partial charge in [0.05, 0.1) is 4.92 Å². The molecule has 0 aliphatic heterocycles. The molecule has 18 heavy (non-hydrogen) atoms. The Bertz CT molecular complexity index is 478. The van der Waals surface area contributed by atoms with E-state index in [1.807, 2.05) is 13.8 Å². The minimum atomic E-state index is -0.889. The smallest absolute Gasteiger partial charge is 0.317 e. The van der Waals surface area contributed by atoms with Gasteiger partial charge in [-0.2, -0.15) is 0 Å². The van der Waals surface area contributed by atoms with E-state index in [2.05, 4.69) is 15.9 Å². The maximum Gasteiger partial charge on any atom is 0.317 e. The SMILES string of the molecule is CC(C)C(Sc1ccc([N+](=O)[O-])cc1Br)C(=O)O. The quantitative estimate of drug-likeness (QED) is 0.506. The summed E-state index contributed by atoms with van der Waals surface area (Å²) >= 11 is 4.41. The summed E-state index contributed by atoms with van der Waals surface area (Å²) in [4.78, 5) is 21.9. The van der Waals surface area contributed by atoms with Gasteiger partial charge in [0.2, 0.25) is 0 Å². The van der Waals surface area contributed by atoms with E-state index in [0.29, 0.717) is 9.37 Å². The van der Waals surface area contributed by atoms with Crippen LogP contribution in [0.2, 0.25) is 0 Å². The van der Waals surface area contributed by atoms with Crippen LogP contribution in [0.5, 0.6) is 0 Å². The maximum absolute atomic E-state index is 11.1. The van der Waals surface area contributed by atoms with E-state index in [0.717, 1.165) is 0 Å². The largest absolute Gasteiger partial charge is 0.480 e. The van der Waals surface area contributed by atoms with E-state index >= 15 is 0 Å². The second-order valence-corrected chi connectivity index (χ2v) is 6.03. The number of benzene rings is 1. The molecule has 0 fully saturated rings. The number of nitrogens with zero attached hydrogens (tertiary/aromatic N) is 1. The van der Waals surface area contributed by atoms with Crippen LogP contribution in [0.4, 0.5) is 5.69 Å². The first-order chi connectivity index (χ1) is 8.32. The van der Waals surface area contributed by atoms with Crippen LogP contribution in [0.25, 0.3) is 0 Å². The highest BCUT2D eigenvalue weighted by Crippen LogP contribution is 2.35. The summed E-state index contributed by atoms with van der Waals surface area (Å²) in [7, 11) is 0. The average Bonchev–Trinajstić information content (AvgIpc) is 2.25. The van der Waals surface area contributed by atoms with E-state index in [4.69, 9.17) is 5.11 Å². The molecule has 0 radical (unpaired) electrons. The molecule has 0 aliphatic carbocycles. The number of non-ortho nitro benzene ring substituents is 1. The minimum Gasteiger partial charge on any atom is -0.480 e. The Hall–Kier alpha value is -1.08. The normalized spacial score (nSPS) is 12.4. The number of halogens is 1. The molecule has 0 saturated heterocycles. The zero-order valence-electron chi connectivity index (χ0n) is 9.79. The molecule has 0 saturated carbocycles. The molecule has 0 amide bonds. The Morgan fingerprint density at radius 2 is 2.11 bits per heavy atom. The number of hydrogen-bond donors (Lipinski definition) is 1. The van der Waals surface area contributed by atoms with Crippen molar-refractivity contribution in [2.45, 2.75) is 24.0 Å². The summed E-state index contributed by atoms with van der Waals surface area (Å²) in [6, 6.07) is 4.30. The number of carbonyl (C=O) groups is 1. The van der Waals surface area contributed by atoms with Gasteiger partial charge in [0.1, 0.15) is 5.25 Å². The summed E-state index contributed by atoms with van der Waals surface area (Å²) in [6.07, 6.45) is 0. The highest BCUT2D eigenvalue weighted by Gasteiger charge is 2.24. The zero-order chi connectivity index (χ0) is 13.9. The van der Waals surface area contributed by atoms with Crippen molar-refractivity contribution in [2.75, 3.05) is 0 Å². The molecule has 0 bridgehead atoms. The van der Waals surface area contributed by atoms with Gasteiger partial charge in [0.25, 0.3) is 5.69 Å². The van der Waals surface area contributed by atoms with Crippen molar-refractivity contribution in [3.05, 3.63) is 32.8 Å². The fraction of sp³-hybridized carbons (Fsp3) is 0.364. The van der Waals surface area contributed by atoms with Gasteiger partial charge in [-0.25, -0.2) is 0 Å². The van der Waals surface area contributed by atoms with Gasteiger partial charge in [-0.3, -0.25) is 14.9 Å². The van der Waals surface area contributed by atoms with Gasteiger partial charge in [-0.05, 0) is 27.9 Å². The Kier molecular flexibility index (Phi) is 5.15. The summed E-state index contributed by atoms with van der Waals surface area (Å²) in [5, 5.41) is 19.1. The molecule has 0 aliphatic rings. The molecular weight excluding hydrogens is 322 g/mol. The minimum absolute atomic E-state index is 0.0253. The molecule has 5 nitrogen and oxygen atoms in total. The molecule has 1 aromatic rings. The Morgan fingerprint density at radius 1 is 1.50 bits per heavy atom. The summed E-state index contributed by atoms with van der Waals surface area (Å²) in [5.74, 6) is -0.921. The first-order valence-electron chi connectivity index (χ1n) is 5.16. The molecule has 7 heteroatoms. The second-order valence-electron chi connectivity index (χ2n) is 3.99. The molecule has 1 aromatic carbocycles. The van der Waals surface area contributed by atoms with Crippen LogP contribution >= 0.6 is 27.7 Å². The number of thioether (sulfide) groups is 1. The highest BCUT2D eigenvalue weighted by molar-refractivity contribution is 9.10. The first-order valence-corrected chi connectivity index (χ1v) is 6.83. The van der Waals surface area contributed by atoms with Crippen molar-refractivity contribution in [1.29, 1.82) is 0 Å². The number of nitro benzene ring substituents is 1. The average molecular weight is 334 g/mol. The lowest BCUT2D eigenvalue weighted by Gasteiger charge is -2.16. The van der Waals surface area contributed by atoms with Crippen LogP contribution in [0.1, 0.15) is 13.8 Å². The van der Waals surface area contributed by atoms with Gasteiger partial charge in [-0.15, -0.1) is 11.8 Å². The zero-order valence-corrected chi connectivity index (χ0v) is 12.2. The third-order valence-electron chi connectivity index (χ3n) is 2.23. The lowest BCUT2D eigenvalue weighted by atomic mass is 10.1. The van der Waals surface area contributed by atoms with Crippen molar-refractivity contribution < 1.29 is 14.8 Å². The van der Waals surface area contributed by atoms with Crippen LogP contribution in [-0.4, -0.2) is 21.2 Å². The van der Waals surface area contributed by atoms with E-state index in [1.54, 1.807) is 6.07 Å². The first kappa shape index (κ1) is 15.0. The predicted molar refractivity (Wildman–Crippen MR) is 72.9 cm³/mol. The van der Waals surface area contributed by atoms with E-state index in [1.165, 1.54) is 23.9 Å². The fourth-order valence-corrected chi connectivity index (χ4v) is 2.92. The van der Waals surface area contributed by atoms with Gasteiger partial charge in [0.15, 0.2) is 0 Å². The summed E-state index contributed by atoms with van der Waals surface area (Å²) in [6.45, 7) is 3.65. The molecule has 98 valence electrons. The van der Waals surface area contributed by atoms with Crippen molar-refractivity contribution in [3.63, 3.8) is 0 Å². The second kappa shape index (κ2) is 6.19. The molecule has 0 heterocycles. The van der Waals surface area contributed by atoms with Crippen LogP contribution in [-0.2, 0) is 4.79 Å². The lowest BCUT2D eigenvalue weighted by molar-refractivity contribution is -0.385. The van der Waals surface area contributed by atoms with Crippen LogP contribution < -0.4 is 0 Å². The number of rotatable bonds is 5. The Morgan fingerprint density at radius 3 is 2.50 bits per heavy atom. The van der Waals surface area contributed by atoms with E-state index in [9.17, 15) is 14.9 Å². The van der Waals surface area contributed by atoms with Crippen molar-refractivity contribution >= 4 is 39.3 Å². The lowest BCUT2D eigenvalue weighted by Crippen LogP contribution is -2.22. The Balaban J connectivity index is 2.97. The van der Waals surface area contributed by atoms with Gasteiger partial charge in [-0.1, -0.05) is 13.8 Å². The van der Waals surface area contributed by atoms with Crippen LogP contribution in [0.3, 0.4) is 0 Å². The maximum atomic E-state index is 11.1. The van der Waals surface area contributed by atoms with E-state index in [-0.39, 0.29) is 11.6 Å². The highest BCUT2D eigenvalue weighted by atomic mass is 79.9. The monoisotopic (exact) mass is 333 g/mol. The molecule has 0 spiro atoms. The number of carboxylic acid groups (broad SMARTS) is 1. The van der Waals surface area contributed by atoms with Crippen LogP contribution in [0.15, 0.2) is 27.6 Å². The Labute approximate surface area is 117 Å². The van der Waals surface area contributed by atoms with Crippen molar-refractivity contribution in [3.8, 4) is 0 Å². The third kappa shape index (κ3) is 3.71. The molecule has 1 atom stereocenters.